The van der Waals surface area contributed by atoms with E-state index < -0.39 is 0 Å². The van der Waals surface area contributed by atoms with Gasteiger partial charge in [-0.05, 0) is 23.1 Å². The van der Waals surface area contributed by atoms with Gasteiger partial charge < -0.3 is 8.39 Å². The summed E-state index contributed by atoms with van der Waals surface area (Å²) in [4.78, 5) is 0. The molecular formula is C16H17O2P. The highest BCUT2D eigenvalue weighted by Gasteiger charge is 2.18. The first-order chi connectivity index (χ1) is 9.07. The molecule has 0 radical (unpaired) electrons. The fraction of sp³-hybridized carbons (Fsp3) is 0.250. The Kier molecular flexibility index (Phi) is 2.91. The van der Waals surface area contributed by atoms with Gasteiger partial charge in [-0.15, -0.1) is 0 Å². The van der Waals surface area contributed by atoms with Gasteiger partial charge >= 0.3 is 0 Å². The molecule has 3 aromatic rings. The van der Waals surface area contributed by atoms with E-state index in [-0.39, 0.29) is 14.1 Å². The normalized spacial score (nSPS) is 12.4. The Labute approximate surface area is 114 Å². The molecule has 0 saturated carbocycles. The van der Waals surface area contributed by atoms with Crippen molar-refractivity contribution in [1.29, 1.82) is 0 Å². The molecule has 1 aromatic heterocycles. The SMILES string of the molecule is CC(C)(C)c1cccc2o[pH]oc3ccccc3c12. The second kappa shape index (κ2) is 4.47. The van der Waals surface area contributed by atoms with Crippen LogP contribution in [0.2, 0.25) is 0 Å². The van der Waals surface area contributed by atoms with Crippen LogP contribution in [0.25, 0.3) is 21.9 Å². The largest absolute Gasteiger partial charge is 0.421 e. The summed E-state index contributed by atoms with van der Waals surface area (Å²) in [6.45, 7) is 6.66. The van der Waals surface area contributed by atoms with E-state index in [1.807, 2.05) is 24.3 Å². The Morgan fingerprint density at radius 2 is 1.53 bits per heavy atom. The first kappa shape index (κ1) is 12.4. The fourth-order valence-electron chi connectivity index (χ4n) is 2.39. The zero-order valence-electron chi connectivity index (χ0n) is 11.4. The van der Waals surface area contributed by atoms with Gasteiger partial charge in [-0.2, -0.15) is 0 Å². The van der Waals surface area contributed by atoms with Gasteiger partial charge in [-0.1, -0.05) is 51.1 Å². The van der Waals surface area contributed by atoms with Crippen molar-refractivity contribution in [2.45, 2.75) is 26.2 Å². The van der Waals surface area contributed by atoms with Crippen molar-refractivity contribution >= 4 is 30.6 Å². The lowest BCUT2D eigenvalue weighted by molar-refractivity contribution is 0.595. The smallest absolute Gasteiger partial charge is 0.201 e. The predicted molar refractivity (Wildman–Crippen MR) is 81.8 cm³/mol. The summed E-state index contributed by atoms with van der Waals surface area (Å²) < 4.78 is 11.5. The molecule has 0 fully saturated rings. The molecule has 2 aromatic carbocycles. The average Bonchev–Trinajstić information content (AvgIpc) is 2.56. The topological polar surface area (TPSA) is 26.3 Å². The Balaban J connectivity index is 2.61. The van der Waals surface area contributed by atoms with Crippen LogP contribution in [0.3, 0.4) is 0 Å². The van der Waals surface area contributed by atoms with Crippen LogP contribution in [0, 0.1) is 0 Å². The van der Waals surface area contributed by atoms with Crippen molar-refractivity contribution in [3.05, 3.63) is 48.0 Å². The molecule has 0 aliphatic rings. The molecule has 1 atom stereocenters. The minimum Gasteiger partial charge on any atom is -0.421 e. The molecule has 0 aliphatic carbocycles. The number of rotatable bonds is 0. The molecule has 3 rings (SSSR count). The van der Waals surface area contributed by atoms with Crippen molar-refractivity contribution in [2.75, 3.05) is 0 Å². The third kappa shape index (κ3) is 2.17. The lowest BCUT2D eigenvalue weighted by Gasteiger charge is -2.20. The fourth-order valence-corrected chi connectivity index (χ4v) is 2.96. The van der Waals surface area contributed by atoms with Crippen molar-refractivity contribution in [3.63, 3.8) is 0 Å². The molecule has 2 nitrogen and oxygen atoms in total. The summed E-state index contributed by atoms with van der Waals surface area (Å²) in [7, 11) is 0.00854. The Morgan fingerprint density at radius 3 is 2.32 bits per heavy atom. The molecule has 98 valence electrons. The summed E-state index contributed by atoms with van der Waals surface area (Å²) in [6.07, 6.45) is 0. The molecular weight excluding hydrogens is 255 g/mol. The van der Waals surface area contributed by atoms with E-state index in [1.165, 1.54) is 5.56 Å². The van der Waals surface area contributed by atoms with Gasteiger partial charge in [0.05, 0.1) is 0 Å². The number of benzene rings is 2. The van der Waals surface area contributed by atoms with Gasteiger partial charge in [0.25, 0.3) is 0 Å². The van der Waals surface area contributed by atoms with Crippen LogP contribution in [-0.4, -0.2) is 0 Å². The van der Waals surface area contributed by atoms with Crippen LogP contribution >= 0.6 is 8.67 Å². The highest BCUT2D eigenvalue weighted by Crippen LogP contribution is 2.35. The van der Waals surface area contributed by atoms with Crippen LogP contribution in [0.1, 0.15) is 26.3 Å². The summed E-state index contributed by atoms with van der Waals surface area (Å²) in [5.74, 6) is 0. The highest BCUT2D eigenvalue weighted by atomic mass is 31.1. The van der Waals surface area contributed by atoms with E-state index >= 15 is 0 Å². The molecule has 0 N–H and O–H groups in total. The number of hydrogen-bond acceptors (Lipinski definition) is 2. The van der Waals surface area contributed by atoms with E-state index in [0.29, 0.717) is 0 Å². The van der Waals surface area contributed by atoms with Gasteiger partial charge in [0.1, 0.15) is 11.2 Å². The second-order valence-electron chi connectivity index (χ2n) is 5.71. The standard InChI is InChI=1S/C16H17O2P/c1-16(2,3)12-8-6-10-14-15(12)11-7-4-5-9-13(11)17-19-18-14/h4-10,19H,1-3H3. The van der Waals surface area contributed by atoms with Crippen LogP contribution in [0.4, 0.5) is 0 Å². The van der Waals surface area contributed by atoms with Gasteiger partial charge in [-0.3, -0.25) is 0 Å². The maximum atomic E-state index is 5.77. The van der Waals surface area contributed by atoms with E-state index in [0.717, 1.165) is 21.9 Å². The van der Waals surface area contributed by atoms with Gasteiger partial charge in [0.2, 0.25) is 8.67 Å². The maximum absolute atomic E-state index is 5.77. The van der Waals surface area contributed by atoms with Crippen LogP contribution in [-0.2, 0) is 5.41 Å². The lowest BCUT2D eigenvalue weighted by atomic mass is 9.84. The monoisotopic (exact) mass is 272 g/mol. The van der Waals surface area contributed by atoms with Crippen molar-refractivity contribution in [2.24, 2.45) is 0 Å². The minimum atomic E-state index is 0.00854. The van der Waals surface area contributed by atoms with E-state index in [4.69, 9.17) is 8.39 Å². The summed E-state index contributed by atoms with van der Waals surface area (Å²) in [6, 6.07) is 14.4. The van der Waals surface area contributed by atoms with E-state index in [9.17, 15) is 0 Å². The zero-order chi connectivity index (χ0) is 13.5. The predicted octanol–water partition coefficient (Wildman–Crippen LogP) is 5.63. The molecule has 0 saturated heterocycles. The van der Waals surface area contributed by atoms with Crippen molar-refractivity contribution in [1.82, 2.24) is 0 Å². The van der Waals surface area contributed by atoms with Crippen molar-refractivity contribution < 1.29 is 8.39 Å². The molecule has 19 heavy (non-hydrogen) atoms. The molecule has 0 amide bonds. The maximum Gasteiger partial charge on any atom is 0.201 e. The van der Waals surface area contributed by atoms with Crippen molar-refractivity contribution in [3.8, 4) is 0 Å². The average molecular weight is 272 g/mol. The van der Waals surface area contributed by atoms with Gasteiger partial charge in [-0.25, -0.2) is 0 Å². The minimum absolute atomic E-state index is 0.00854. The molecule has 1 heterocycles. The Morgan fingerprint density at radius 1 is 0.842 bits per heavy atom. The van der Waals surface area contributed by atoms with Crippen LogP contribution < -0.4 is 0 Å². The third-order valence-electron chi connectivity index (χ3n) is 3.29. The number of para-hydroxylation sites is 1. The Bertz CT molecular complexity index is 767. The molecule has 1 unspecified atom stereocenters. The summed E-state index contributed by atoms with van der Waals surface area (Å²) in [5.41, 5.74) is 3.16. The number of hydrogen-bond donors (Lipinski definition) is 0. The zero-order valence-corrected chi connectivity index (χ0v) is 12.4. The molecule has 0 spiro atoms. The third-order valence-corrected chi connectivity index (χ3v) is 3.90. The lowest BCUT2D eigenvalue weighted by Crippen LogP contribution is -2.11. The van der Waals surface area contributed by atoms with Gasteiger partial charge in [0.15, 0.2) is 0 Å². The van der Waals surface area contributed by atoms with Gasteiger partial charge in [0, 0.05) is 10.8 Å². The summed E-state index contributed by atoms with van der Waals surface area (Å²) >= 11 is 0. The van der Waals surface area contributed by atoms with E-state index in [1.54, 1.807) is 0 Å². The quantitative estimate of drug-likeness (QED) is 0.530. The first-order valence-electron chi connectivity index (χ1n) is 6.39. The second-order valence-corrected chi connectivity index (χ2v) is 6.29. The molecule has 0 bridgehead atoms. The highest BCUT2D eigenvalue weighted by molar-refractivity contribution is 7.15. The van der Waals surface area contributed by atoms with Crippen LogP contribution in [0.5, 0.6) is 0 Å². The number of fused-ring (bicyclic) bond motifs is 3. The summed E-state index contributed by atoms with van der Waals surface area (Å²) in [5, 5.41) is 2.28. The van der Waals surface area contributed by atoms with E-state index in [2.05, 4.69) is 39.0 Å². The first-order valence-corrected chi connectivity index (χ1v) is 7.20. The molecule has 3 heteroatoms. The van der Waals surface area contributed by atoms with Crippen LogP contribution in [0.15, 0.2) is 50.9 Å². The Hall–Kier alpha value is -1.66. The molecule has 0 aliphatic heterocycles.